The Morgan fingerprint density at radius 2 is 1.97 bits per heavy atom. The summed E-state index contributed by atoms with van der Waals surface area (Å²) in [4.78, 5) is 23.0. The maximum atomic E-state index is 12.7. The molecule has 2 aromatic rings. The van der Waals surface area contributed by atoms with Crippen LogP contribution in [0.5, 0.6) is 11.8 Å². The van der Waals surface area contributed by atoms with Gasteiger partial charge in [0, 0.05) is 49.5 Å². The number of aromatic nitrogens is 2. The van der Waals surface area contributed by atoms with Gasteiger partial charge in [-0.25, -0.2) is 9.97 Å². The Balaban J connectivity index is 1.42. The normalized spacial score (nSPS) is 16.0. The van der Waals surface area contributed by atoms with E-state index in [4.69, 9.17) is 21.1 Å². The van der Waals surface area contributed by atoms with E-state index in [9.17, 15) is 9.90 Å². The van der Waals surface area contributed by atoms with Crippen molar-refractivity contribution in [2.75, 3.05) is 39.2 Å². The number of carbonyl (C=O) groups excluding carboxylic acids is 1. The van der Waals surface area contributed by atoms with E-state index in [1.54, 1.807) is 0 Å². The molecule has 1 unspecified atom stereocenters. The molecule has 0 bridgehead atoms. The summed E-state index contributed by atoms with van der Waals surface area (Å²) in [7, 11) is 1.49. The predicted octanol–water partition coefficient (Wildman–Crippen LogP) is 1.90. The fraction of sp³-hybridized carbons (Fsp3) is 0.500. The van der Waals surface area contributed by atoms with Crippen LogP contribution in [-0.4, -0.2) is 77.3 Å². The average molecular weight is 449 g/mol. The second-order valence-electron chi connectivity index (χ2n) is 7.48. The molecule has 1 aliphatic heterocycles. The monoisotopic (exact) mass is 448 g/mol. The second-order valence-corrected chi connectivity index (χ2v) is 7.86. The topological polar surface area (TPSA) is 96.8 Å². The van der Waals surface area contributed by atoms with Crippen LogP contribution in [0.25, 0.3) is 0 Å². The third-order valence-corrected chi connectivity index (χ3v) is 5.45. The quantitative estimate of drug-likeness (QED) is 0.536. The third kappa shape index (κ3) is 6.78. The first-order valence-electron chi connectivity index (χ1n) is 10.4. The molecule has 8 nitrogen and oxygen atoms in total. The Bertz CT molecular complexity index is 846. The summed E-state index contributed by atoms with van der Waals surface area (Å²) in [6.45, 7) is 2.17. The third-order valence-electron chi connectivity index (χ3n) is 5.26. The van der Waals surface area contributed by atoms with Gasteiger partial charge in [-0.3, -0.25) is 4.79 Å². The molecule has 1 aromatic heterocycles. The van der Waals surface area contributed by atoms with Crippen LogP contribution in [-0.2, 0) is 6.42 Å². The molecule has 0 aliphatic carbocycles. The van der Waals surface area contributed by atoms with E-state index in [2.05, 4.69) is 20.2 Å². The molecule has 0 saturated carbocycles. The van der Waals surface area contributed by atoms with Gasteiger partial charge < -0.3 is 24.8 Å². The van der Waals surface area contributed by atoms with E-state index < -0.39 is 6.10 Å². The van der Waals surface area contributed by atoms with E-state index >= 15 is 0 Å². The zero-order valence-corrected chi connectivity index (χ0v) is 18.4. The summed E-state index contributed by atoms with van der Waals surface area (Å²) in [6, 6.07) is 7.70. The number of ether oxygens (including phenoxy) is 2. The summed E-state index contributed by atoms with van der Waals surface area (Å²) in [5.41, 5.74) is 1.66. The van der Waals surface area contributed by atoms with Crippen molar-refractivity contribution in [2.24, 2.45) is 0 Å². The summed E-state index contributed by atoms with van der Waals surface area (Å²) in [6.07, 6.45) is 4.69. The number of hydrogen-bond donors (Lipinski definition) is 2. The van der Waals surface area contributed by atoms with Crippen molar-refractivity contribution in [1.82, 2.24) is 20.2 Å². The van der Waals surface area contributed by atoms with E-state index in [0.717, 1.165) is 31.5 Å². The van der Waals surface area contributed by atoms with Crippen molar-refractivity contribution < 1.29 is 19.4 Å². The zero-order valence-electron chi connectivity index (χ0n) is 17.7. The van der Waals surface area contributed by atoms with E-state index in [1.165, 1.54) is 19.5 Å². The van der Waals surface area contributed by atoms with Crippen LogP contribution in [0.15, 0.2) is 36.7 Å². The fourth-order valence-corrected chi connectivity index (χ4v) is 3.87. The molecule has 3 rings (SSSR count). The molecule has 0 spiro atoms. The average Bonchev–Trinajstić information content (AvgIpc) is 2.79. The number of methoxy groups -OCH3 is 1. The maximum absolute atomic E-state index is 12.7. The molecule has 0 radical (unpaired) electrons. The zero-order chi connectivity index (χ0) is 22.1. The van der Waals surface area contributed by atoms with Crippen LogP contribution >= 0.6 is 11.6 Å². The molecule has 2 N–H and O–H groups in total. The van der Waals surface area contributed by atoms with Crippen molar-refractivity contribution in [3.63, 3.8) is 0 Å². The van der Waals surface area contributed by atoms with Crippen LogP contribution in [0.4, 0.5) is 0 Å². The number of piperidine rings is 1. The van der Waals surface area contributed by atoms with Gasteiger partial charge >= 0.3 is 0 Å². The Hall–Kier alpha value is -2.42. The number of nitrogens with one attached hydrogen (secondary N) is 1. The first kappa shape index (κ1) is 23.2. The van der Waals surface area contributed by atoms with Crippen molar-refractivity contribution in [3.05, 3.63) is 47.8 Å². The molecule has 1 aliphatic rings. The lowest BCUT2D eigenvalue weighted by atomic mass is 10.0. The van der Waals surface area contributed by atoms with E-state index in [0.29, 0.717) is 30.3 Å². The molecule has 1 amide bonds. The number of aliphatic hydroxyl groups excluding tert-OH is 1. The fourth-order valence-electron chi connectivity index (χ4n) is 3.66. The van der Waals surface area contributed by atoms with Gasteiger partial charge in [0.15, 0.2) is 0 Å². The van der Waals surface area contributed by atoms with Gasteiger partial charge in [-0.1, -0.05) is 18.2 Å². The van der Waals surface area contributed by atoms with Crippen molar-refractivity contribution in [2.45, 2.75) is 31.4 Å². The SMILES string of the molecule is COc1nccnc1OCC(O)CN1CCC(NC(=O)c2ccccc2CCCl)CC1. The van der Waals surface area contributed by atoms with Gasteiger partial charge in [0.2, 0.25) is 0 Å². The van der Waals surface area contributed by atoms with Crippen LogP contribution in [0, 0.1) is 0 Å². The number of nitrogens with zero attached hydrogens (tertiary/aromatic N) is 3. The van der Waals surface area contributed by atoms with Gasteiger partial charge in [0.25, 0.3) is 17.7 Å². The highest BCUT2D eigenvalue weighted by atomic mass is 35.5. The van der Waals surface area contributed by atoms with Crippen LogP contribution in [0.3, 0.4) is 0 Å². The molecular formula is C22H29ClN4O4. The molecule has 31 heavy (non-hydrogen) atoms. The van der Waals surface area contributed by atoms with E-state index in [-0.39, 0.29) is 24.4 Å². The predicted molar refractivity (Wildman–Crippen MR) is 118 cm³/mol. The summed E-state index contributed by atoms with van der Waals surface area (Å²) < 4.78 is 10.6. The highest BCUT2D eigenvalue weighted by molar-refractivity contribution is 6.18. The van der Waals surface area contributed by atoms with Crippen LogP contribution in [0.2, 0.25) is 0 Å². The second kappa shape index (κ2) is 11.8. The van der Waals surface area contributed by atoms with Gasteiger partial charge in [-0.15, -0.1) is 11.6 Å². The van der Waals surface area contributed by atoms with Crippen LogP contribution in [0.1, 0.15) is 28.8 Å². The van der Waals surface area contributed by atoms with Crippen molar-refractivity contribution >= 4 is 17.5 Å². The highest BCUT2D eigenvalue weighted by Gasteiger charge is 2.23. The molecular weight excluding hydrogens is 420 g/mol. The minimum absolute atomic E-state index is 0.0504. The molecule has 1 saturated heterocycles. The number of aryl methyl sites for hydroxylation is 1. The lowest BCUT2D eigenvalue weighted by molar-refractivity contribution is 0.0544. The molecule has 1 aromatic carbocycles. The van der Waals surface area contributed by atoms with Gasteiger partial charge in [-0.2, -0.15) is 0 Å². The Labute approximate surface area is 187 Å². The first-order valence-corrected chi connectivity index (χ1v) is 11.0. The summed E-state index contributed by atoms with van der Waals surface area (Å²) in [5, 5.41) is 13.5. The van der Waals surface area contributed by atoms with Crippen molar-refractivity contribution in [3.8, 4) is 11.8 Å². The van der Waals surface area contributed by atoms with Crippen molar-refractivity contribution in [1.29, 1.82) is 0 Å². The number of benzene rings is 1. The molecule has 1 atom stereocenters. The smallest absolute Gasteiger partial charge is 0.278 e. The first-order chi connectivity index (χ1) is 15.1. The van der Waals surface area contributed by atoms with E-state index in [1.807, 2.05) is 24.3 Å². The highest BCUT2D eigenvalue weighted by Crippen LogP contribution is 2.20. The van der Waals surface area contributed by atoms with Gasteiger partial charge in [-0.05, 0) is 30.9 Å². The number of β-amino-alcohol motifs (C(OH)–C–C–N with tert-alkyl or cyclic N) is 1. The number of aliphatic hydroxyl groups is 1. The largest absolute Gasteiger partial charge is 0.477 e. The Morgan fingerprint density at radius 3 is 2.68 bits per heavy atom. The lowest BCUT2D eigenvalue weighted by Gasteiger charge is -2.33. The van der Waals surface area contributed by atoms with Gasteiger partial charge in [0.05, 0.1) is 7.11 Å². The molecule has 2 heterocycles. The minimum atomic E-state index is -0.666. The standard InChI is InChI=1S/C22H29ClN4O4/c1-30-21-22(25-11-10-24-21)31-15-18(28)14-27-12-7-17(8-13-27)26-20(29)19-5-3-2-4-16(19)6-9-23/h2-5,10-11,17-18,28H,6-9,12-15H2,1H3,(H,26,29). The number of alkyl halides is 1. The number of rotatable bonds is 10. The minimum Gasteiger partial charge on any atom is -0.477 e. The number of amides is 1. The number of carbonyl (C=O) groups is 1. The van der Waals surface area contributed by atoms with Gasteiger partial charge in [0.1, 0.15) is 12.7 Å². The number of likely N-dealkylation sites (tertiary alicyclic amines) is 1. The molecule has 168 valence electrons. The number of halogens is 1. The Kier molecular flexibility index (Phi) is 8.87. The summed E-state index contributed by atoms with van der Waals surface area (Å²) in [5.74, 6) is 0.988. The Morgan fingerprint density at radius 1 is 1.26 bits per heavy atom. The van der Waals surface area contributed by atoms with Crippen LogP contribution < -0.4 is 14.8 Å². The molecule has 9 heteroatoms. The maximum Gasteiger partial charge on any atom is 0.278 e. The lowest BCUT2D eigenvalue weighted by Crippen LogP contribution is -2.47. The number of hydrogen-bond acceptors (Lipinski definition) is 7. The summed E-state index contributed by atoms with van der Waals surface area (Å²) >= 11 is 5.86. The molecule has 1 fully saturated rings.